The minimum absolute atomic E-state index is 0.0408. The van der Waals surface area contributed by atoms with Crippen LogP contribution in [0.5, 0.6) is 5.75 Å². The predicted octanol–water partition coefficient (Wildman–Crippen LogP) is 5.01. The normalized spacial score (nSPS) is 11.3. The minimum atomic E-state index is -0.621. The monoisotopic (exact) mass is 574 g/mol. The fourth-order valence-electron chi connectivity index (χ4n) is 4.36. The molecule has 0 saturated carbocycles. The maximum absolute atomic E-state index is 12.2. The number of nitrogens with one attached hydrogen (secondary N) is 1. The van der Waals surface area contributed by atoms with Crippen molar-refractivity contribution >= 4 is 28.9 Å². The minimum Gasteiger partial charge on any atom is -0.489 e. The molecule has 0 aliphatic rings. The van der Waals surface area contributed by atoms with Gasteiger partial charge in [-0.3, -0.25) is 9.59 Å². The highest BCUT2D eigenvalue weighted by Gasteiger charge is 2.18. The van der Waals surface area contributed by atoms with Gasteiger partial charge in [-0.2, -0.15) is 0 Å². The second-order valence-corrected chi connectivity index (χ2v) is 10.7. The lowest BCUT2D eigenvalue weighted by atomic mass is 9.99. The topological polar surface area (TPSA) is 150 Å². The molecule has 0 spiro atoms. The number of furan rings is 1. The van der Waals surface area contributed by atoms with Crippen LogP contribution in [0.2, 0.25) is 0 Å². The van der Waals surface area contributed by atoms with Gasteiger partial charge in [0, 0.05) is 28.6 Å². The Morgan fingerprint density at radius 3 is 2.48 bits per heavy atom. The fourth-order valence-corrected chi connectivity index (χ4v) is 4.36. The summed E-state index contributed by atoms with van der Waals surface area (Å²) >= 11 is 0. The molecule has 10 nitrogen and oxygen atoms in total. The van der Waals surface area contributed by atoms with Crippen LogP contribution in [0.25, 0.3) is 22.1 Å². The lowest BCUT2D eigenvalue weighted by molar-refractivity contribution is -0.139. The molecule has 0 atom stereocenters. The molecule has 0 radical (unpaired) electrons. The van der Waals surface area contributed by atoms with E-state index in [9.17, 15) is 19.5 Å². The number of ether oxygens (including phenoxy) is 3. The highest BCUT2D eigenvalue weighted by atomic mass is 16.6. The van der Waals surface area contributed by atoms with Crippen molar-refractivity contribution in [3.05, 3.63) is 88.7 Å². The zero-order valence-corrected chi connectivity index (χ0v) is 24.0. The van der Waals surface area contributed by atoms with E-state index in [1.54, 1.807) is 32.9 Å². The molecular weight excluding hydrogens is 540 g/mol. The zero-order chi connectivity index (χ0) is 30.4. The van der Waals surface area contributed by atoms with E-state index in [2.05, 4.69) is 5.32 Å². The number of nitrogens with two attached hydrogens (primary N) is 1. The van der Waals surface area contributed by atoms with Crippen LogP contribution in [0.15, 0.2) is 65.1 Å². The number of carbonyl (C=O) groups excluding carboxylic acids is 3. The van der Waals surface area contributed by atoms with Gasteiger partial charge in [-0.15, -0.1) is 0 Å². The third-order valence-electron chi connectivity index (χ3n) is 6.27. The number of primary amides is 1. The van der Waals surface area contributed by atoms with Gasteiger partial charge >= 0.3 is 12.1 Å². The number of esters is 1. The van der Waals surface area contributed by atoms with Crippen molar-refractivity contribution in [2.75, 3.05) is 7.11 Å². The smallest absolute Gasteiger partial charge is 0.407 e. The van der Waals surface area contributed by atoms with Crippen LogP contribution in [-0.2, 0) is 40.4 Å². The van der Waals surface area contributed by atoms with Gasteiger partial charge in [-0.1, -0.05) is 24.3 Å². The van der Waals surface area contributed by atoms with Crippen LogP contribution in [0.4, 0.5) is 4.79 Å². The summed E-state index contributed by atoms with van der Waals surface area (Å²) in [5, 5.41) is 13.2. The van der Waals surface area contributed by atoms with Crippen LogP contribution in [-0.4, -0.2) is 35.8 Å². The lowest BCUT2D eigenvalue weighted by Gasteiger charge is -2.19. The third kappa shape index (κ3) is 7.67. The largest absolute Gasteiger partial charge is 0.489 e. The molecule has 0 unspecified atom stereocenters. The molecule has 1 heterocycles. The van der Waals surface area contributed by atoms with Gasteiger partial charge < -0.3 is 34.8 Å². The average molecular weight is 575 g/mol. The van der Waals surface area contributed by atoms with Gasteiger partial charge in [0.15, 0.2) is 0 Å². The van der Waals surface area contributed by atoms with E-state index >= 15 is 0 Å². The number of methoxy groups -OCH3 is 1. The van der Waals surface area contributed by atoms with E-state index in [0.717, 1.165) is 27.6 Å². The first-order valence-electron chi connectivity index (χ1n) is 13.3. The molecule has 220 valence electrons. The summed E-state index contributed by atoms with van der Waals surface area (Å²) in [4.78, 5) is 35.9. The summed E-state index contributed by atoms with van der Waals surface area (Å²) in [5.74, 6) is -0.339. The summed E-state index contributed by atoms with van der Waals surface area (Å²) in [6.07, 6.45) is -0.555. The first-order chi connectivity index (χ1) is 20.0. The summed E-state index contributed by atoms with van der Waals surface area (Å²) in [7, 11) is 1.30. The highest BCUT2D eigenvalue weighted by molar-refractivity contribution is 5.94. The van der Waals surface area contributed by atoms with Gasteiger partial charge in [0.1, 0.15) is 35.9 Å². The van der Waals surface area contributed by atoms with E-state index in [1.165, 1.54) is 19.2 Å². The second-order valence-electron chi connectivity index (χ2n) is 10.7. The maximum atomic E-state index is 12.2. The van der Waals surface area contributed by atoms with Gasteiger partial charge in [-0.25, -0.2) is 4.79 Å². The predicted molar refractivity (Wildman–Crippen MR) is 156 cm³/mol. The molecule has 2 amide bonds. The molecule has 4 aromatic rings. The first-order valence-corrected chi connectivity index (χ1v) is 13.3. The molecule has 0 fully saturated rings. The van der Waals surface area contributed by atoms with Crippen molar-refractivity contribution in [2.45, 2.75) is 52.6 Å². The molecule has 3 aromatic carbocycles. The zero-order valence-electron chi connectivity index (χ0n) is 24.0. The summed E-state index contributed by atoms with van der Waals surface area (Å²) in [6.45, 7) is 5.48. The Morgan fingerprint density at radius 1 is 1.00 bits per heavy atom. The molecule has 1 aromatic heterocycles. The van der Waals surface area contributed by atoms with Crippen LogP contribution >= 0.6 is 0 Å². The Bertz CT molecular complexity index is 1620. The van der Waals surface area contributed by atoms with E-state index in [1.807, 2.05) is 36.4 Å². The van der Waals surface area contributed by atoms with E-state index in [4.69, 9.17) is 24.4 Å². The number of aliphatic hydroxyl groups excluding tert-OH is 1. The van der Waals surface area contributed by atoms with Gasteiger partial charge in [0.05, 0.1) is 13.5 Å². The Hall–Kier alpha value is -4.83. The molecule has 0 saturated heterocycles. The summed E-state index contributed by atoms with van der Waals surface area (Å²) < 4.78 is 22.2. The Kier molecular flexibility index (Phi) is 9.17. The summed E-state index contributed by atoms with van der Waals surface area (Å²) in [5.41, 5.74) is 9.43. The van der Waals surface area contributed by atoms with E-state index in [0.29, 0.717) is 22.7 Å². The number of amides is 2. The highest BCUT2D eigenvalue weighted by Crippen LogP contribution is 2.34. The van der Waals surface area contributed by atoms with Crippen molar-refractivity contribution in [3.63, 3.8) is 0 Å². The van der Waals surface area contributed by atoms with Crippen LogP contribution in [0.1, 0.15) is 53.6 Å². The molecule has 0 bridgehead atoms. The average Bonchev–Trinajstić information content (AvgIpc) is 3.37. The Morgan fingerprint density at radius 2 is 1.79 bits per heavy atom. The van der Waals surface area contributed by atoms with Crippen LogP contribution < -0.4 is 15.8 Å². The number of fused-ring (bicyclic) bond motifs is 1. The van der Waals surface area contributed by atoms with Gasteiger partial charge in [0.25, 0.3) is 0 Å². The number of benzene rings is 3. The molecule has 0 aliphatic carbocycles. The SMILES string of the molecule is COC(=O)Cc1ccc(C(N)=O)cc1OCc1cc(-c2cccc(CNC(=O)OC(C)(C)C)c2)c2oc(CO)cc2c1. The maximum Gasteiger partial charge on any atom is 0.407 e. The Labute approximate surface area is 243 Å². The Balaban J connectivity index is 1.65. The second kappa shape index (κ2) is 12.8. The molecule has 0 aliphatic heterocycles. The number of aliphatic hydroxyl groups is 1. The van der Waals surface area contributed by atoms with Crippen molar-refractivity contribution in [3.8, 4) is 16.9 Å². The lowest BCUT2D eigenvalue weighted by Crippen LogP contribution is -2.32. The van der Waals surface area contributed by atoms with Crippen molar-refractivity contribution < 1.29 is 38.1 Å². The number of carbonyl (C=O) groups is 3. The number of hydrogen-bond acceptors (Lipinski definition) is 8. The molecule has 4 rings (SSSR count). The van der Waals surface area contributed by atoms with E-state index < -0.39 is 23.6 Å². The van der Waals surface area contributed by atoms with Crippen molar-refractivity contribution in [1.29, 1.82) is 0 Å². The van der Waals surface area contributed by atoms with Crippen molar-refractivity contribution in [1.82, 2.24) is 5.32 Å². The van der Waals surface area contributed by atoms with Gasteiger partial charge in [0.2, 0.25) is 5.91 Å². The van der Waals surface area contributed by atoms with Crippen LogP contribution in [0, 0.1) is 0 Å². The molecule has 10 heteroatoms. The third-order valence-corrected chi connectivity index (χ3v) is 6.27. The fraction of sp³-hybridized carbons (Fsp3) is 0.281. The van der Waals surface area contributed by atoms with Crippen molar-refractivity contribution in [2.24, 2.45) is 5.73 Å². The summed E-state index contributed by atoms with van der Waals surface area (Å²) in [6, 6.07) is 17.8. The molecule has 42 heavy (non-hydrogen) atoms. The standard InChI is InChI=1S/C32H34N2O8/c1-32(2,3)42-31(38)34-16-19-6-5-7-21(10-19)26-12-20(11-24-13-25(17-35)41-29(24)26)18-40-27-14-23(30(33)37)9-8-22(27)15-28(36)39-4/h5-14,35H,15-18H2,1-4H3,(H2,33,37)(H,34,38). The quantitative estimate of drug-likeness (QED) is 0.224. The molecule has 4 N–H and O–H groups in total. The number of rotatable bonds is 10. The van der Waals surface area contributed by atoms with Crippen LogP contribution in [0.3, 0.4) is 0 Å². The first kappa shape index (κ1) is 30.1. The van der Waals surface area contributed by atoms with E-state index in [-0.39, 0.29) is 31.7 Å². The molecular formula is C32H34N2O8. The van der Waals surface area contributed by atoms with Gasteiger partial charge in [-0.05, 0) is 73.9 Å². The number of hydrogen-bond donors (Lipinski definition) is 3. The number of alkyl carbamates (subject to hydrolysis) is 1.